The number of benzene rings is 2. The molecule has 3 aromatic rings. The molecule has 1 fully saturated rings. The largest absolute Gasteiger partial charge is 0.506 e. The first-order valence-corrected chi connectivity index (χ1v) is 9.21. The number of nitrogens with one attached hydrogen (secondary N) is 1. The predicted molar refractivity (Wildman–Crippen MR) is 110 cm³/mol. The second-order valence-electron chi connectivity index (χ2n) is 7.50. The molecule has 1 atom stereocenters. The zero-order valence-electron chi connectivity index (χ0n) is 15.4. The maximum absolute atomic E-state index is 13.3. The van der Waals surface area contributed by atoms with E-state index >= 15 is 0 Å². The molecule has 0 amide bonds. The van der Waals surface area contributed by atoms with Gasteiger partial charge in [-0.25, -0.2) is 0 Å². The fraction of sp³-hybridized carbons (Fsp3) is 0.238. The molecule has 5 N–H and O–H groups in total. The van der Waals surface area contributed by atoms with E-state index in [1.165, 1.54) is 0 Å². The Bertz CT molecular complexity index is 1170. The van der Waals surface area contributed by atoms with E-state index in [2.05, 4.69) is 9.88 Å². The number of hydrogen-bond donors (Lipinski definition) is 4. The second kappa shape index (κ2) is 6.88. The first-order valence-electron chi connectivity index (χ1n) is 9.21. The summed E-state index contributed by atoms with van der Waals surface area (Å²) in [6.07, 6.45) is 2.55. The van der Waals surface area contributed by atoms with Crippen LogP contribution in [0.25, 0.3) is 10.8 Å². The van der Waals surface area contributed by atoms with Crippen LogP contribution in [0.1, 0.15) is 44.0 Å². The van der Waals surface area contributed by atoms with Crippen LogP contribution in [0, 0.1) is 0 Å². The molecule has 2 heterocycles. The first-order chi connectivity index (χ1) is 13.5. The van der Waals surface area contributed by atoms with Crippen molar-refractivity contribution in [1.82, 2.24) is 9.88 Å². The van der Waals surface area contributed by atoms with Crippen molar-refractivity contribution in [3.63, 3.8) is 0 Å². The number of H-pyrrole nitrogens is 1. The summed E-state index contributed by atoms with van der Waals surface area (Å²) < 4.78 is 0. The van der Waals surface area contributed by atoms with Gasteiger partial charge in [-0.1, -0.05) is 24.3 Å². The lowest BCUT2D eigenvalue weighted by Gasteiger charge is -2.21. The Hall–Kier alpha value is -2.87. The molecule has 1 aromatic heterocycles. The van der Waals surface area contributed by atoms with Crippen molar-refractivity contribution < 1.29 is 19.8 Å². The highest BCUT2D eigenvalue weighted by Gasteiger charge is 2.39. The van der Waals surface area contributed by atoms with Crippen LogP contribution >= 0.6 is 12.4 Å². The number of aromatic hydroxyl groups is 2. The summed E-state index contributed by atoms with van der Waals surface area (Å²) in [5.41, 5.74) is 6.80. The number of aromatic amines is 1. The number of rotatable bonds is 2. The molecule has 8 heteroatoms. The Labute approximate surface area is 172 Å². The number of carbonyl (C=O) groups excluding carboxylic acids is 2. The Morgan fingerprint density at radius 2 is 1.66 bits per heavy atom. The van der Waals surface area contributed by atoms with Gasteiger partial charge in [0.05, 0.1) is 22.4 Å². The summed E-state index contributed by atoms with van der Waals surface area (Å²) in [6.45, 7) is 2.06. The lowest BCUT2D eigenvalue weighted by molar-refractivity contribution is 0.0971. The van der Waals surface area contributed by atoms with Gasteiger partial charge in [0.1, 0.15) is 11.5 Å². The molecule has 0 bridgehead atoms. The zero-order chi connectivity index (χ0) is 19.6. The van der Waals surface area contributed by atoms with Crippen LogP contribution in [0.3, 0.4) is 0 Å². The third-order valence-electron chi connectivity index (χ3n) is 5.73. The van der Waals surface area contributed by atoms with Crippen molar-refractivity contribution in [3.05, 3.63) is 58.4 Å². The lowest BCUT2D eigenvalue weighted by atomic mass is 9.83. The number of likely N-dealkylation sites (tertiary alicyclic amines) is 1. The number of fused-ring (bicyclic) bond motifs is 3. The van der Waals surface area contributed by atoms with Crippen molar-refractivity contribution in [2.45, 2.75) is 19.0 Å². The first kappa shape index (κ1) is 19.4. The van der Waals surface area contributed by atoms with Gasteiger partial charge >= 0.3 is 0 Å². The summed E-state index contributed by atoms with van der Waals surface area (Å²) in [5, 5.41) is 22.1. The number of aromatic nitrogens is 1. The minimum Gasteiger partial charge on any atom is -0.506 e. The van der Waals surface area contributed by atoms with Gasteiger partial charge < -0.3 is 20.9 Å². The number of halogens is 1. The number of hydrogen-bond acceptors (Lipinski definition) is 6. The van der Waals surface area contributed by atoms with Gasteiger partial charge in [-0.2, -0.15) is 0 Å². The van der Waals surface area contributed by atoms with Gasteiger partial charge in [0.15, 0.2) is 5.78 Å². The van der Waals surface area contributed by atoms with Crippen molar-refractivity contribution in [3.8, 4) is 11.5 Å². The van der Waals surface area contributed by atoms with E-state index in [-0.39, 0.29) is 52.3 Å². The molecule has 1 saturated heterocycles. The van der Waals surface area contributed by atoms with Crippen molar-refractivity contribution in [1.29, 1.82) is 0 Å². The molecule has 1 aliphatic carbocycles. The fourth-order valence-electron chi connectivity index (χ4n) is 4.37. The molecule has 0 spiro atoms. The average molecular weight is 414 g/mol. The molecular weight excluding hydrogens is 394 g/mol. The molecule has 7 nitrogen and oxygen atoms in total. The van der Waals surface area contributed by atoms with E-state index in [1.807, 2.05) is 0 Å². The van der Waals surface area contributed by atoms with Crippen LogP contribution in [0.2, 0.25) is 0 Å². The minimum absolute atomic E-state index is 0. The molecular formula is C21H20ClN3O4. The van der Waals surface area contributed by atoms with Crippen molar-refractivity contribution in [2.75, 3.05) is 13.1 Å². The number of ketones is 2. The lowest BCUT2D eigenvalue weighted by Crippen LogP contribution is -2.27. The summed E-state index contributed by atoms with van der Waals surface area (Å²) >= 11 is 0. The predicted octanol–water partition coefficient (Wildman–Crippen LogP) is 2.31. The number of nitrogens with zero attached hydrogens (tertiary/aromatic N) is 1. The molecule has 150 valence electrons. The fourth-order valence-corrected chi connectivity index (χ4v) is 4.37. The number of nitrogens with two attached hydrogens (primary N) is 1. The van der Waals surface area contributed by atoms with Crippen LogP contribution in [0.5, 0.6) is 11.5 Å². The molecule has 5 rings (SSSR count). The maximum Gasteiger partial charge on any atom is 0.214 e. The smallest absolute Gasteiger partial charge is 0.214 e. The molecule has 0 radical (unpaired) electrons. The third-order valence-corrected chi connectivity index (χ3v) is 5.73. The van der Waals surface area contributed by atoms with Crippen molar-refractivity contribution >= 4 is 34.7 Å². The van der Waals surface area contributed by atoms with Crippen LogP contribution in [-0.2, 0) is 6.54 Å². The van der Waals surface area contributed by atoms with Gasteiger partial charge in [-0.3, -0.25) is 14.5 Å². The highest BCUT2D eigenvalue weighted by Crippen LogP contribution is 2.44. The zero-order valence-corrected chi connectivity index (χ0v) is 16.3. The molecule has 0 saturated carbocycles. The highest BCUT2D eigenvalue weighted by atomic mass is 35.5. The summed E-state index contributed by atoms with van der Waals surface area (Å²) in [5.74, 6) is -1.51. The highest BCUT2D eigenvalue weighted by molar-refractivity contribution is 6.32. The van der Waals surface area contributed by atoms with Crippen LogP contribution in [-0.4, -0.2) is 50.8 Å². The van der Waals surface area contributed by atoms with Gasteiger partial charge in [-0.05, 0) is 12.0 Å². The molecule has 1 aliphatic heterocycles. The van der Waals surface area contributed by atoms with Gasteiger partial charge in [0, 0.05) is 42.6 Å². The number of phenolic OH excluding ortho intramolecular Hbond substituents is 2. The number of carbonyl (C=O) groups is 2. The summed E-state index contributed by atoms with van der Waals surface area (Å²) in [6, 6.07) is 6.73. The van der Waals surface area contributed by atoms with E-state index in [0.717, 1.165) is 19.5 Å². The third kappa shape index (κ3) is 2.73. The van der Waals surface area contributed by atoms with Crippen molar-refractivity contribution in [2.24, 2.45) is 5.73 Å². The van der Waals surface area contributed by atoms with E-state index in [0.29, 0.717) is 22.9 Å². The SMILES string of the molecule is Cl.N[C@@H]1CCN(Cc2c[nH]c3c2C(=O)c2c(c(O)c4ccccc4c2O)C3=O)C1. The van der Waals surface area contributed by atoms with Gasteiger partial charge in [-0.15, -0.1) is 12.4 Å². The Balaban J connectivity index is 0.00000205. The number of phenols is 2. The topological polar surface area (TPSA) is 120 Å². The van der Waals surface area contributed by atoms with E-state index < -0.39 is 11.6 Å². The van der Waals surface area contributed by atoms with Gasteiger partial charge in [0.2, 0.25) is 5.78 Å². The maximum atomic E-state index is 13.3. The quantitative estimate of drug-likeness (QED) is 0.374. The molecule has 0 unspecified atom stereocenters. The second-order valence-corrected chi connectivity index (χ2v) is 7.50. The minimum atomic E-state index is -0.493. The summed E-state index contributed by atoms with van der Waals surface area (Å²) in [4.78, 5) is 31.4. The monoisotopic (exact) mass is 413 g/mol. The normalized spacial score (nSPS) is 18.6. The van der Waals surface area contributed by atoms with Crippen LogP contribution in [0.15, 0.2) is 30.5 Å². The van der Waals surface area contributed by atoms with E-state index in [9.17, 15) is 19.8 Å². The summed E-state index contributed by atoms with van der Waals surface area (Å²) in [7, 11) is 0. The van der Waals surface area contributed by atoms with Crippen LogP contribution in [0.4, 0.5) is 0 Å². The standard InChI is InChI=1S/C21H19N3O4.ClH/c22-11-5-6-24(9-11)8-10-7-23-17-14(10)20(27)15-16(21(17)28)19(26)13-4-2-1-3-12(13)18(15)25;/h1-4,7,11,23,25-26H,5-6,8-9,22H2;1H/t11-;/m1./s1. The van der Waals surface area contributed by atoms with E-state index in [1.54, 1.807) is 30.5 Å². The molecule has 2 aromatic carbocycles. The Morgan fingerprint density at radius 3 is 2.24 bits per heavy atom. The van der Waals surface area contributed by atoms with Crippen LogP contribution < -0.4 is 5.73 Å². The van der Waals surface area contributed by atoms with E-state index in [4.69, 9.17) is 5.73 Å². The average Bonchev–Trinajstić information content (AvgIpc) is 3.29. The van der Waals surface area contributed by atoms with Gasteiger partial charge in [0.25, 0.3) is 0 Å². The molecule has 29 heavy (non-hydrogen) atoms. The molecule has 2 aliphatic rings. The Morgan fingerprint density at radius 1 is 1.03 bits per heavy atom. The Kier molecular flexibility index (Phi) is 4.61.